The Balaban J connectivity index is 2.52. The van der Waals surface area contributed by atoms with Gasteiger partial charge in [0.2, 0.25) is 5.91 Å². The highest BCUT2D eigenvalue weighted by molar-refractivity contribution is 5.79. The van der Waals surface area contributed by atoms with Crippen molar-refractivity contribution in [3.8, 4) is 0 Å². The smallest absolute Gasteiger partial charge is 0.223 e. The third-order valence-corrected chi connectivity index (χ3v) is 1.97. The zero-order valence-electron chi connectivity index (χ0n) is 7.13. The number of rotatable bonds is 2. The van der Waals surface area contributed by atoms with Crippen molar-refractivity contribution >= 4 is 5.91 Å². The first kappa shape index (κ1) is 8.53. The van der Waals surface area contributed by atoms with Crippen LogP contribution in [0.25, 0.3) is 0 Å². The molecule has 11 heavy (non-hydrogen) atoms. The highest BCUT2D eigenvalue weighted by Gasteiger charge is 2.34. The number of hydrogen-bond acceptors (Lipinski definition) is 2. The van der Waals surface area contributed by atoms with Gasteiger partial charge in [-0.05, 0) is 5.41 Å². The largest absolute Gasteiger partial charge is 0.395 e. The van der Waals surface area contributed by atoms with Crippen LogP contribution in [0.3, 0.4) is 0 Å². The van der Waals surface area contributed by atoms with Gasteiger partial charge < -0.3 is 10.0 Å². The Kier molecular flexibility index (Phi) is 2.18. The zero-order valence-corrected chi connectivity index (χ0v) is 7.13. The molecule has 1 amide bonds. The molecule has 0 saturated carbocycles. The number of aliphatic hydroxyl groups is 1. The summed E-state index contributed by atoms with van der Waals surface area (Å²) in [6, 6.07) is 0. The van der Waals surface area contributed by atoms with E-state index in [4.69, 9.17) is 5.11 Å². The number of carbonyl (C=O) groups excluding carboxylic acids is 1. The SMILES string of the molecule is CC1(C)CC(=O)N(CCO)C1. The van der Waals surface area contributed by atoms with Gasteiger partial charge in [-0.1, -0.05) is 13.8 Å². The highest BCUT2D eigenvalue weighted by atomic mass is 16.3. The molecule has 1 fully saturated rings. The number of hydrogen-bond donors (Lipinski definition) is 1. The molecular formula is C8H15NO2. The van der Waals surface area contributed by atoms with Crippen LogP contribution in [0.1, 0.15) is 20.3 Å². The number of β-amino-alcohol motifs (C(OH)–C–C–N with tert-alkyl or cyclic N) is 1. The van der Waals surface area contributed by atoms with Gasteiger partial charge in [0.25, 0.3) is 0 Å². The van der Waals surface area contributed by atoms with E-state index in [0.29, 0.717) is 13.0 Å². The van der Waals surface area contributed by atoms with Crippen molar-refractivity contribution in [3.63, 3.8) is 0 Å². The Labute approximate surface area is 67.0 Å². The first-order valence-electron chi connectivity index (χ1n) is 3.94. The molecule has 3 heteroatoms. The van der Waals surface area contributed by atoms with E-state index in [1.165, 1.54) is 0 Å². The van der Waals surface area contributed by atoms with E-state index in [9.17, 15) is 4.79 Å². The lowest BCUT2D eigenvalue weighted by atomic mass is 9.93. The van der Waals surface area contributed by atoms with Gasteiger partial charge in [-0.3, -0.25) is 4.79 Å². The Bertz CT molecular complexity index is 165. The van der Waals surface area contributed by atoms with Crippen LogP contribution in [-0.2, 0) is 4.79 Å². The first-order valence-corrected chi connectivity index (χ1v) is 3.94. The van der Waals surface area contributed by atoms with Gasteiger partial charge in [0, 0.05) is 19.5 Å². The van der Waals surface area contributed by atoms with Crippen LogP contribution >= 0.6 is 0 Å². The molecule has 1 saturated heterocycles. The maximum absolute atomic E-state index is 11.2. The number of likely N-dealkylation sites (tertiary alicyclic amines) is 1. The monoisotopic (exact) mass is 157 g/mol. The Hall–Kier alpha value is -0.570. The lowest BCUT2D eigenvalue weighted by Crippen LogP contribution is -2.29. The second-order valence-electron chi connectivity index (χ2n) is 3.88. The molecule has 1 N–H and O–H groups in total. The maximum atomic E-state index is 11.2. The van der Waals surface area contributed by atoms with E-state index in [1.807, 2.05) is 0 Å². The predicted molar refractivity (Wildman–Crippen MR) is 42.1 cm³/mol. The van der Waals surface area contributed by atoms with Gasteiger partial charge in [-0.25, -0.2) is 0 Å². The third-order valence-electron chi connectivity index (χ3n) is 1.97. The molecule has 0 aromatic carbocycles. The van der Waals surface area contributed by atoms with E-state index in [2.05, 4.69) is 13.8 Å². The van der Waals surface area contributed by atoms with E-state index in [0.717, 1.165) is 6.54 Å². The van der Waals surface area contributed by atoms with Crippen LogP contribution in [0, 0.1) is 5.41 Å². The highest BCUT2D eigenvalue weighted by Crippen LogP contribution is 2.29. The first-order chi connectivity index (χ1) is 5.05. The zero-order chi connectivity index (χ0) is 8.48. The molecular weight excluding hydrogens is 142 g/mol. The van der Waals surface area contributed by atoms with E-state index in [1.54, 1.807) is 4.90 Å². The molecule has 1 aliphatic heterocycles. The molecule has 0 radical (unpaired) electrons. The van der Waals surface area contributed by atoms with Crippen molar-refractivity contribution in [2.45, 2.75) is 20.3 Å². The topological polar surface area (TPSA) is 40.5 Å². The molecule has 3 nitrogen and oxygen atoms in total. The molecule has 64 valence electrons. The third kappa shape index (κ3) is 1.93. The van der Waals surface area contributed by atoms with Crippen molar-refractivity contribution < 1.29 is 9.90 Å². The summed E-state index contributed by atoms with van der Waals surface area (Å²) in [6.07, 6.45) is 0.618. The second-order valence-corrected chi connectivity index (χ2v) is 3.88. The van der Waals surface area contributed by atoms with Crippen LogP contribution in [-0.4, -0.2) is 35.6 Å². The van der Waals surface area contributed by atoms with E-state index >= 15 is 0 Å². The number of amides is 1. The summed E-state index contributed by atoms with van der Waals surface area (Å²) in [5, 5.41) is 8.62. The van der Waals surface area contributed by atoms with Crippen LogP contribution < -0.4 is 0 Å². The number of aliphatic hydroxyl groups excluding tert-OH is 1. The molecule has 1 heterocycles. The fourth-order valence-electron chi connectivity index (χ4n) is 1.51. The average molecular weight is 157 g/mol. The van der Waals surface area contributed by atoms with Crippen molar-refractivity contribution in [3.05, 3.63) is 0 Å². The van der Waals surface area contributed by atoms with Crippen LogP contribution in [0.15, 0.2) is 0 Å². The Morgan fingerprint density at radius 1 is 1.64 bits per heavy atom. The number of nitrogens with zero attached hydrogens (tertiary/aromatic N) is 1. The summed E-state index contributed by atoms with van der Waals surface area (Å²) in [5.74, 6) is 0.170. The maximum Gasteiger partial charge on any atom is 0.223 e. The Morgan fingerprint density at radius 3 is 2.64 bits per heavy atom. The van der Waals surface area contributed by atoms with Gasteiger partial charge in [0.05, 0.1) is 6.61 Å². The molecule has 0 unspecified atom stereocenters. The standard InChI is InChI=1S/C8H15NO2/c1-8(2)5-7(11)9(6-8)3-4-10/h10H,3-6H2,1-2H3. The van der Waals surface area contributed by atoms with Gasteiger partial charge in [-0.2, -0.15) is 0 Å². The average Bonchev–Trinajstić information content (AvgIpc) is 2.07. The molecule has 0 atom stereocenters. The van der Waals surface area contributed by atoms with Crippen LogP contribution in [0.5, 0.6) is 0 Å². The predicted octanol–water partition coefficient (Wildman–Crippen LogP) is 0.237. The van der Waals surface area contributed by atoms with E-state index in [-0.39, 0.29) is 17.9 Å². The fourth-order valence-corrected chi connectivity index (χ4v) is 1.51. The molecule has 0 spiro atoms. The summed E-state index contributed by atoms with van der Waals surface area (Å²) in [4.78, 5) is 12.9. The quantitative estimate of drug-likeness (QED) is 0.623. The fraction of sp³-hybridized carbons (Fsp3) is 0.875. The molecule has 0 aromatic heterocycles. The lowest BCUT2D eigenvalue weighted by Gasteiger charge is -2.18. The van der Waals surface area contributed by atoms with E-state index < -0.39 is 0 Å². The second kappa shape index (κ2) is 2.81. The normalized spacial score (nSPS) is 22.8. The summed E-state index contributed by atoms with van der Waals surface area (Å²) in [5.41, 5.74) is 0.103. The van der Waals surface area contributed by atoms with Crippen molar-refractivity contribution in [2.75, 3.05) is 19.7 Å². The van der Waals surface area contributed by atoms with Crippen molar-refractivity contribution in [1.29, 1.82) is 0 Å². The van der Waals surface area contributed by atoms with Gasteiger partial charge >= 0.3 is 0 Å². The van der Waals surface area contributed by atoms with Crippen molar-refractivity contribution in [2.24, 2.45) is 5.41 Å². The molecule has 0 aromatic rings. The molecule has 0 aliphatic carbocycles. The minimum absolute atomic E-state index is 0.0713. The van der Waals surface area contributed by atoms with Gasteiger partial charge in [0.15, 0.2) is 0 Å². The summed E-state index contributed by atoms with van der Waals surface area (Å²) in [6.45, 7) is 5.49. The molecule has 1 rings (SSSR count). The molecule has 0 bridgehead atoms. The summed E-state index contributed by atoms with van der Waals surface area (Å²) >= 11 is 0. The van der Waals surface area contributed by atoms with Crippen LogP contribution in [0.2, 0.25) is 0 Å². The molecule has 1 aliphatic rings. The Morgan fingerprint density at radius 2 is 2.27 bits per heavy atom. The van der Waals surface area contributed by atoms with Gasteiger partial charge in [-0.15, -0.1) is 0 Å². The summed E-state index contributed by atoms with van der Waals surface area (Å²) < 4.78 is 0. The van der Waals surface area contributed by atoms with Crippen molar-refractivity contribution in [1.82, 2.24) is 4.90 Å². The summed E-state index contributed by atoms with van der Waals surface area (Å²) in [7, 11) is 0. The van der Waals surface area contributed by atoms with Crippen LogP contribution in [0.4, 0.5) is 0 Å². The lowest BCUT2D eigenvalue weighted by molar-refractivity contribution is -0.128. The minimum atomic E-state index is 0.0713. The number of carbonyl (C=O) groups is 1. The van der Waals surface area contributed by atoms with Gasteiger partial charge in [0.1, 0.15) is 0 Å². The minimum Gasteiger partial charge on any atom is -0.395 e.